The second kappa shape index (κ2) is 7.46. The first-order valence-corrected chi connectivity index (χ1v) is 11.3. The Balaban J connectivity index is 1.57. The van der Waals surface area contributed by atoms with Crippen molar-refractivity contribution in [1.29, 1.82) is 0 Å². The second-order valence-corrected chi connectivity index (χ2v) is 9.34. The summed E-state index contributed by atoms with van der Waals surface area (Å²) in [6.07, 6.45) is 4.32. The van der Waals surface area contributed by atoms with Crippen LogP contribution in [0.2, 0.25) is 0 Å². The van der Waals surface area contributed by atoms with E-state index in [1.165, 1.54) is 17.9 Å². The number of nitrogens with zero attached hydrogens (tertiary/aromatic N) is 3. The molecule has 8 nitrogen and oxygen atoms in total. The van der Waals surface area contributed by atoms with E-state index in [4.69, 9.17) is 5.14 Å². The van der Waals surface area contributed by atoms with Gasteiger partial charge < -0.3 is 9.88 Å². The van der Waals surface area contributed by atoms with E-state index in [1.807, 2.05) is 18.2 Å². The molecule has 146 valence electrons. The zero-order valence-corrected chi connectivity index (χ0v) is 16.6. The van der Waals surface area contributed by atoms with Crippen LogP contribution in [-0.2, 0) is 23.0 Å². The molecule has 2 aromatic heterocycles. The van der Waals surface area contributed by atoms with Gasteiger partial charge in [-0.3, -0.25) is 4.79 Å². The topological polar surface area (TPSA) is 120 Å². The number of nitrogens with two attached hydrogens (primary N) is 1. The van der Waals surface area contributed by atoms with Crippen LogP contribution in [0.3, 0.4) is 0 Å². The van der Waals surface area contributed by atoms with Crippen LogP contribution < -0.4 is 10.5 Å². The zero-order chi connectivity index (χ0) is 19.7. The summed E-state index contributed by atoms with van der Waals surface area (Å²) in [6.45, 7) is 0.888. The molecule has 4 rings (SSSR count). The number of anilines is 1. The number of primary sulfonamides is 1. The van der Waals surface area contributed by atoms with E-state index in [0.29, 0.717) is 5.69 Å². The highest BCUT2D eigenvalue weighted by Gasteiger charge is 2.18. The number of aromatic nitrogens is 3. The Labute approximate surface area is 166 Å². The van der Waals surface area contributed by atoms with Crippen molar-refractivity contribution < 1.29 is 13.2 Å². The van der Waals surface area contributed by atoms with Gasteiger partial charge in [0.15, 0.2) is 5.82 Å². The van der Waals surface area contributed by atoms with Gasteiger partial charge in [-0.15, -0.1) is 21.5 Å². The number of aryl methyl sites for hydroxylation is 1. The standard InChI is InChI=1S/C18H19N5O3S2/c19-28(25,26)16-10-13(11-27-16)18(24)20-14-6-4-5-12(9-14)17-22-21-15-7-2-1-3-8-23(15)17/h4-6,9-11H,1-3,7-8H2,(H,20,24)(H2,19,25,26). The average Bonchev–Trinajstić information content (AvgIpc) is 3.24. The van der Waals surface area contributed by atoms with Crippen LogP contribution in [0.15, 0.2) is 39.9 Å². The summed E-state index contributed by atoms with van der Waals surface area (Å²) in [7, 11) is -3.82. The molecule has 3 aromatic rings. The van der Waals surface area contributed by atoms with Crippen LogP contribution >= 0.6 is 11.3 Å². The molecule has 1 amide bonds. The fourth-order valence-electron chi connectivity index (χ4n) is 3.22. The molecule has 0 radical (unpaired) electrons. The third kappa shape index (κ3) is 3.84. The molecule has 0 fully saturated rings. The lowest BCUT2D eigenvalue weighted by Gasteiger charge is -2.09. The number of benzene rings is 1. The molecule has 0 bridgehead atoms. The number of sulfonamides is 1. The van der Waals surface area contributed by atoms with Crippen molar-refractivity contribution in [3.63, 3.8) is 0 Å². The van der Waals surface area contributed by atoms with Crippen molar-refractivity contribution in [3.05, 3.63) is 47.1 Å². The fourth-order valence-corrected chi connectivity index (χ4v) is 4.81. The van der Waals surface area contributed by atoms with Gasteiger partial charge >= 0.3 is 0 Å². The summed E-state index contributed by atoms with van der Waals surface area (Å²) in [4.78, 5) is 12.5. The monoisotopic (exact) mass is 417 g/mol. The maximum Gasteiger partial charge on any atom is 0.256 e. The van der Waals surface area contributed by atoms with Crippen LogP contribution in [0.5, 0.6) is 0 Å². The quantitative estimate of drug-likeness (QED) is 0.676. The molecular formula is C18H19N5O3S2. The highest BCUT2D eigenvalue weighted by atomic mass is 32.2. The van der Waals surface area contributed by atoms with Crippen LogP contribution in [0.1, 0.15) is 35.4 Å². The average molecular weight is 418 g/mol. The lowest BCUT2D eigenvalue weighted by molar-refractivity contribution is 0.102. The molecule has 0 atom stereocenters. The van der Waals surface area contributed by atoms with Gasteiger partial charge in [0.2, 0.25) is 10.0 Å². The summed E-state index contributed by atoms with van der Waals surface area (Å²) < 4.78 is 24.9. The van der Waals surface area contributed by atoms with E-state index < -0.39 is 15.9 Å². The number of thiophene rings is 1. The molecule has 10 heteroatoms. The molecule has 0 unspecified atom stereocenters. The van der Waals surface area contributed by atoms with Gasteiger partial charge in [-0.05, 0) is 31.0 Å². The summed E-state index contributed by atoms with van der Waals surface area (Å²) in [5.74, 6) is 1.39. The van der Waals surface area contributed by atoms with Gasteiger partial charge in [0.1, 0.15) is 10.0 Å². The van der Waals surface area contributed by atoms with Gasteiger partial charge in [0.05, 0.1) is 5.56 Å². The molecule has 0 saturated heterocycles. The zero-order valence-electron chi connectivity index (χ0n) is 15.0. The third-order valence-corrected chi connectivity index (χ3v) is 6.99. The van der Waals surface area contributed by atoms with Crippen LogP contribution in [-0.4, -0.2) is 29.1 Å². The normalized spacial score (nSPS) is 14.3. The first kappa shape index (κ1) is 18.8. The van der Waals surface area contributed by atoms with Gasteiger partial charge in [-0.25, -0.2) is 13.6 Å². The van der Waals surface area contributed by atoms with Crippen molar-refractivity contribution in [3.8, 4) is 11.4 Å². The van der Waals surface area contributed by atoms with Crippen molar-refractivity contribution in [2.75, 3.05) is 5.32 Å². The molecule has 28 heavy (non-hydrogen) atoms. The van der Waals surface area contributed by atoms with Crippen molar-refractivity contribution >= 4 is 33.0 Å². The molecule has 3 N–H and O–H groups in total. The predicted molar refractivity (Wildman–Crippen MR) is 107 cm³/mol. The maximum atomic E-state index is 12.5. The Bertz CT molecular complexity index is 1130. The minimum Gasteiger partial charge on any atom is -0.322 e. The highest BCUT2D eigenvalue weighted by molar-refractivity contribution is 7.91. The SMILES string of the molecule is NS(=O)(=O)c1cc(C(=O)Nc2cccc(-c3nnc4n3CCCCC4)c2)cs1. The predicted octanol–water partition coefficient (Wildman–Crippen LogP) is 2.63. The Hall–Kier alpha value is -2.56. The van der Waals surface area contributed by atoms with E-state index in [-0.39, 0.29) is 9.77 Å². The minimum absolute atomic E-state index is 0.0439. The second-order valence-electron chi connectivity index (χ2n) is 6.64. The number of carbonyl (C=O) groups excluding carboxylic acids is 1. The smallest absolute Gasteiger partial charge is 0.256 e. The summed E-state index contributed by atoms with van der Waals surface area (Å²) in [6, 6.07) is 8.66. The number of carbonyl (C=O) groups is 1. The van der Waals surface area contributed by atoms with E-state index in [1.54, 1.807) is 6.07 Å². The Morgan fingerprint density at radius 1 is 1.18 bits per heavy atom. The summed E-state index contributed by atoms with van der Waals surface area (Å²) in [5.41, 5.74) is 1.71. The maximum absolute atomic E-state index is 12.5. The fraction of sp³-hybridized carbons (Fsp3) is 0.278. The largest absolute Gasteiger partial charge is 0.322 e. The Morgan fingerprint density at radius 2 is 2.04 bits per heavy atom. The molecule has 1 aliphatic heterocycles. The first-order valence-electron chi connectivity index (χ1n) is 8.87. The van der Waals surface area contributed by atoms with E-state index in [0.717, 1.165) is 54.4 Å². The Morgan fingerprint density at radius 3 is 2.82 bits per heavy atom. The highest BCUT2D eigenvalue weighted by Crippen LogP contribution is 2.26. The van der Waals surface area contributed by atoms with Gasteiger partial charge in [-0.2, -0.15) is 0 Å². The molecule has 3 heterocycles. The third-order valence-electron chi connectivity index (χ3n) is 4.61. The number of rotatable bonds is 4. The minimum atomic E-state index is -3.82. The summed E-state index contributed by atoms with van der Waals surface area (Å²) in [5, 5.41) is 18.0. The molecule has 0 spiro atoms. The molecule has 1 aromatic carbocycles. The van der Waals surface area contributed by atoms with Crippen LogP contribution in [0, 0.1) is 0 Å². The van der Waals surface area contributed by atoms with Crippen molar-refractivity contribution in [1.82, 2.24) is 14.8 Å². The van der Waals surface area contributed by atoms with E-state index in [2.05, 4.69) is 20.1 Å². The number of hydrogen-bond acceptors (Lipinski definition) is 6. The number of nitrogens with one attached hydrogen (secondary N) is 1. The van der Waals surface area contributed by atoms with Crippen molar-refractivity contribution in [2.45, 2.75) is 36.4 Å². The molecular weight excluding hydrogens is 398 g/mol. The van der Waals surface area contributed by atoms with Crippen molar-refractivity contribution in [2.24, 2.45) is 5.14 Å². The number of amides is 1. The van der Waals surface area contributed by atoms with Gasteiger partial charge in [0, 0.05) is 29.6 Å². The molecule has 0 aliphatic carbocycles. The summed E-state index contributed by atoms with van der Waals surface area (Å²) >= 11 is 0.919. The van der Waals surface area contributed by atoms with Gasteiger partial charge in [0.25, 0.3) is 5.91 Å². The Kier molecular flexibility index (Phi) is 5.00. The lowest BCUT2D eigenvalue weighted by Crippen LogP contribution is -2.12. The van der Waals surface area contributed by atoms with Crippen LogP contribution in [0.25, 0.3) is 11.4 Å². The van der Waals surface area contributed by atoms with Gasteiger partial charge in [-0.1, -0.05) is 18.6 Å². The lowest BCUT2D eigenvalue weighted by atomic mass is 10.1. The van der Waals surface area contributed by atoms with E-state index >= 15 is 0 Å². The first-order chi connectivity index (χ1) is 13.4. The van der Waals surface area contributed by atoms with Crippen LogP contribution in [0.4, 0.5) is 5.69 Å². The molecule has 1 aliphatic rings. The number of hydrogen-bond donors (Lipinski definition) is 2. The number of fused-ring (bicyclic) bond motifs is 1. The van der Waals surface area contributed by atoms with E-state index in [9.17, 15) is 13.2 Å². The molecule has 0 saturated carbocycles.